The summed E-state index contributed by atoms with van der Waals surface area (Å²) in [6.07, 6.45) is 16.5. The SMILES string of the molecule is CCCCCCCC/C=C\CCCCCCCC(=O)OC[C@@H](O)[C@H]1OC[C@@H](O)[C@@H]1O. The fourth-order valence-electron chi connectivity index (χ4n) is 3.65. The third kappa shape index (κ3) is 12.7. The zero-order valence-electron chi connectivity index (χ0n) is 18.8. The van der Waals surface area contributed by atoms with Crippen LogP contribution in [0.2, 0.25) is 0 Å². The highest BCUT2D eigenvalue weighted by Crippen LogP contribution is 2.18. The molecule has 1 aliphatic rings. The minimum absolute atomic E-state index is 0.0221. The van der Waals surface area contributed by atoms with Crippen LogP contribution >= 0.6 is 0 Å². The summed E-state index contributed by atoms with van der Waals surface area (Å²) in [5.74, 6) is -0.347. The molecule has 30 heavy (non-hydrogen) atoms. The number of allylic oxidation sites excluding steroid dienone is 2. The van der Waals surface area contributed by atoms with Crippen molar-refractivity contribution in [2.75, 3.05) is 13.2 Å². The molecule has 0 radical (unpaired) electrons. The van der Waals surface area contributed by atoms with Crippen LogP contribution in [0.25, 0.3) is 0 Å². The van der Waals surface area contributed by atoms with Crippen LogP contribution in [0.3, 0.4) is 0 Å². The van der Waals surface area contributed by atoms with Gasteiger partial charge in [-0.25, -0.2) is 0 Å². The molecule has 1 rings (SSSR count). The van der Waals surface area contributed by atoms with Gasteiger partial charge in [0.15, 0.2) is 0 Å². The zero-order valence-corrected chi connectivity index (χ0v) is 18.8. The molecule has 6 nitrogen and oxygen atoms in total. The van der Waals surface area contributed by atoms with Crippen molar-refractivity contribution in [1.29, 1.82) is 0 Å². The molecule has 0 aromatic rings. The van der Waals surface area contributed by atoms with Gasteiger partial charge in [-0.1, -0.05) is 70.4 Å². The second-order valence-electron chi connectivity index (χ2n) is 8.44. The molecule has 1 heterocycles. The second-order valence-corrected chi connectivity index (χ2v) is 8.44. The maximum Gasteiger partial charge on any atom is 0.305 e. The Bertz CT molecular complexity index is 453. The molecule has 0 saturated carbocycles. The molecule has 176 valence electrons. The van der Waals surface area contributed by atoms with Gasteiger partial charge in [-0.05, 0) is 32.1 Å². The Morgan fingerprint density at radius 2 is 1.53 bits per heavy atom. The van der Waals surface area contributed by atoms with E-state index in [2.05, 4.69) is 19.1 Å². The Kier molecular flexibility index (Phi) is 16.0. The molecule has 0 spiro atoms. The van der Waals surface area contributed by atoms with Gasteiger partial charge in [-0.3, -0.25) is 4.79 Å². The van der Waals surface area contributed by atoms with Crippen LogP contribution in [0, 0.1) is 0 Å². The number of unbranched alkanes of at least 4 members (excludes halogenated alkanes) is 11. The molecule has 6 heteroatoms. The first-order valence-corrected chi connectivity index (χ1v) is 12.0. The fourth-order valence-corrected chi connectivity index (χ4v) is 3.65. The van der Waals surface area contributed by atoms with E-state index in [0.717, 1.165) is 25.7 Å². The Morgan fingerprint density at radius 3 is 2.10 bits per heavy atom. The largest absolute Gasteiger partial charge is 0.463 e. The zero-order chi connectivity index (χ0) is 22.0. The molecule has 3 N–H and O–H groups in total. The third-order valence-corrected chi connectivity index (χ3v) is 5.63. The van der Waals surface area contributed by atoms with E-state index in [4.69, 9.17) is 9.47 Å². The van der Waals surface area contributed by atoms with Crippen molar-refractivity contribution in [3.63, 3.8) is 0 Å². The quantitative estimate of drug-likeness (QED) is 0.173. The highest BCUT2D eigenvalue weighted by molar-refractivity contribution is 5.69. The molecule has 0 bridgehead atoms. The Balaban J connectivity index is 1.87. The first-order chi connectivity index (χ1) is 14.6. The molecule has 4 atom stereocenters. The van der Waals surface area contributed by atoms with Gasteiger partial charge in [0.1, 0.15) is 31.0 Å². The van der Waals surface area contributed by atoms with Gasteiger partial charge in [0.2, 0.25) is 0 Å². The van der Waals surface area contributed by atoms with Gasteiger partial charge in [0.25, 0.3) is 0 Å². The van der Waals surface area contributed by atoms with E-state index in [1.165, 1.54) is 57.8 Å². The van der Waals surface area contributed by atoms with Gasteiger partial charge < -0.3 is 24.8 Å². The van der Waals surface area contributed by atoms with E-state index < -0.39 is 24.4 Å². The summed E-state index contributed by atoms with van der Waals surface area (Å²) in [6.45, 7) is 2.00. The fraction of sp³-hybridized carbons (Fsp3) is 0.875. The molecule has 0 aromatic heterocycles. The number of hydrogen-bond acceptors (Lipinski definition) is 6. The lowest BCUT2D eigenvalue weighted by Crippen LogP contribution is -2.41. The van der Waals surface area contributed by atoms with Crippen LogP contribution in [-0.2, 0) is 14.3 Å². The van der Waals surface area contributed by atoms with Crippen LogP contribution in [0.15, 0.2) is 12.2 Å². The van der Waals surface area contributed by atoms with Crippen LogP contribution in [0.5, 0.6) is 0 Å². The molecule has 0 unspecified atom stereocenters. The number of carbonyl (C=O) groups is 1. The maximum absolute atomic E-state index is 11.7. The monoisotopic (exact) mass is 428 g/mol. The minimum Gasteiger partial charge on any atom is -0.463 e. The second kappa shape index (κ2) is 17.7. The van der Waals surface area contributed by atoms with Crippen molar-refractivity contribution in [1.82, 2.24) is 0 Å². The molecule has 0 aromatic carbocycles. The predicted molar refractivity (Wildman–Crippen MR) is 118 cm³/mol. The topological polar surface area (TPSA) is 96.2 Å². The van der Waals surface area contributed by atoms with E-state index in [0.29, 0.717) is 6.42 Å². The van der Waals surface area contributed by atoms with Crippen molar-refractivity contribution in [2.24, 2.45) is 0 Å². The number of hydrogen-bond donors (Lipinski definition) is 3. The van der Waals surface area contributed by atoms with E-state index in [9.17, 15) is 20.1 Å². The molecule has 0 aliphatic carbocycles. The summed E-state index contributed by atoms with van der Waals surface area (Å²) in [4.78, 5) is 11.7. The number of esters is 1. The van der Waals surface area contributed by atoms with Gasteiger partial charge in [-0.15, -0.1) is 0 Å². The van der Waals surface area contributed by atoms with E-state index >= 15 is 0 Å². The van der Waals surface area contributed by atoms with Gasteiger partial charge in [0.05, 0.1) is 6.61 Å². The van der Waals surface area contributed by atoms with Crippen LogP contribution < -0.4 is 0 Å². The Hall–Kier alpha value is -0.950. The predicted octanol–water partition coefficient (Wildman–Crippen LogP) is 4.05. The smallest absolute Gasteiger partial charge is 0.305 e. The van der Waals surface area contributed by atoms with Crippen molar-refractivity contribution >= 4 is 5.97 Å². The van der Waals surface area contributed by atoms with Gasteiger partial charge in [0, 0.05) is 6.42 Å². The van der Waals surface area contributed by atoms with E-state index in [1.54, 1.807) is 0 Å². The third-order valence-electron chi connectivity index (χ3n) is 5.63. The number of aliphatic hydroxyl groups is 3. The molecule has 1 aliphatic heterocycles. The van der Waals surface area contributed by atoms with Crippen molar-refractivity contribution in [3.05, 3.63) is 12.2 Å². The first-order valence-electron chi connectivity index (χ1n) is 12.0. The molecule has 1 saturated heterocycles. The summed E-state index contributed by atoms with van der Waals surface area (Å²) >= 11 is 0. The van der Waals surface area contributed by atoms with Crippen LogP contribution in [0.1, 0.15) is 96.8 Å². The number of aliphatic hydroxyl groups excluding tert-OH is 3. The van der Waals surface area contributed by atoms with Gasteiger partial charge in [-0.2, -0.15) is 0 Å². The van der Waals surface area contributed by atoms with E-state index in [-0.39, 0.29) is 19.2 Å². The lowest BCUT2D eigenvalue weighted by Gasteiger charge is -2.20. The molecular weight excluding hydrogens is 384 g/mol. The summed E-state index contributed by atoms with van der Waals surface area (Å²) in [5.41, 5.74) is 0. The molecular formula is C24H44O6. The molecule has 1 fully saturated rings. The lowest BCUT2D eigenvalue weighted by molar-refractivity contribution is -0.151. The van der Waals surface area contributed by atoms with Gasteiger partial charge >= 0.3 is 5.97 Å². The Labute approximate surface area is 182 Å². The highest BCUT2D eigenvalue weighted by atomic mass is 16.6. The Morgan fingerprint density at radius 1 is 0.967 bits per heavy atom. The van der Waals surface area contributed by atoms with Crippen LogP contribution in [0.4, 0.5) is 0 Å². The highest BCUT2D eigenvalue weighted by Gasteiger charge is 2.39. The summed E-state index contributed by atoms with van der Waals surface area (Å²) in [7, 11) is 0. The lowest BCUT2D eigenvalue weighted by atomic mass is 10.1. The molecule has 0 amide bonds. The van der Waals surface area contributed by atoms with Crippen LogP contribution in [-0.4, -0.2) is 58.9 Å². The van der Waals surface area contributed by atoms with E-state index in [1.807, 2.05) is 0 Å². The maximum atomic E-state index is 11.7. The minimum atomic E-state index is -1.15. The summed E-state index contributed by atoms with van der Waals surface area (Å²) < 4.78 is 10.2. The summed E-state index contributed by atoms with van der Waals surface area (Å²) in [5, 5.41) is 29.0. The normalized spacial score (nSPS) is 22.6. The number of rotatable bonds is 18. The van der Waals surface area contributed by atoms with Crippen molar-refractivity contribution < 1.29 is 29.6 Å². The first kappa shape index (κ1) is 27.1. The van der Waals surface area contributed by atoms with Crippen molar-refractivity contribution in [3.8, 4) is 0 Å². The van der Waals surface area contributed by atoms with Crippen molar-refractivity contribution in [2.45, 2.75) is 121 Å². The standard InChI is InChI=1S/C24H44O6/c1-2-3-4-5-6-7-8-9-10-11-12-13-14-15-16-17-22(27)29-19-21(26)24-23(28)20(25)18-30-24/h9-10,20-21,23-26,28H,2-8,11-19H2,1H3/b10-9-/t20-,21-,23+,24-/m1/s1. The average molecular weight is 429 g/mol. The number of ether oxygens (including phenoxy) is 2. The number of carbonyl (C=O) groups excluding carboxylic acids is 1. The average Bonchev–Trinajstić information content (AvgIpc) is 3.07. The summed E-state index contributed by atoms with van der Waals surface area (Å²) in [6, 6.07) is 0.